The van der Waals surface area contributed by atoms with Crippen LogP contribution in [0.5, 0.6) is 0 Å². The third-order valence-electron chi connectivity index (χ3n) is 2.09. The zero-order valence-corrected chi connectivity index (χ0v) is 8.59. The van der Waals surface area contributed by atoms with Crippen LogP contribution in [0.4, 0.5) is 0 Å². The lowest BCUT2D eigenvalue weighted by molar-refractivity contribution is 0.814. The summed E-state index contributed by atoms with van der Waals surface area (Å²) in [5.74, 6) is 2.51. The van der Waals surface area contributed by atoms with Crippen molar-refractivity contribution >= 4 is 0 Å². The first-order valence-electron chi connectivity index (χ1n) is 4.83. The van der Waals surface area contributed by atoms with Gasteiger partial charge in [-0.15, -0.1) is 0 Å². The Hall–Kier alpha value is -1.75. The Bertz CT molecular complexity index is 449. The fourth-order valence-corrected chi connectivity index (χ4v) is 1.43. The molecule has 0 radical (unpaired) electrons. The predicted molar refractivity (Wildman–Crippen MR) is 56.6 cm³/mol. The third kappa shape index (κ3) is 2.02. The molecule has 0 atom stereocenters. The summed E-state index contributed by atoms with van der Waals surface area (Å²) in [4.78, 5) is 12.6. The van der Waals surface area contributed by atoms with E-state index in [0.29, 0.717) is 6.54 Å². The number of hydrogen-bond donors (Lipinski definition) is 1. The molecular weight excluding hydrogens is 190 g/mol. The topological polar surface area (TPSA) is 69.6 Å². The summed E-state index contributed by atoms with van der Waals surface area (Å²) in [6.07, 6.45) is 6.12. The lowest BCUT2D eigenvalue weighted by atomic mass is 10.4. The van der Waals surface area contributed by atoms with Crippen LogP contribution in [0.2, 0.25) is 0 Å². The highest BCUT2D eigenvalue weighted by Gasteiger charge is 2.04. The van der Waals surface area contributed by atoms with Crippen molar-refractivity contribution in [2.24, 2.45) is 5.73 Å². The maximum Gasteiger partial charge on any atom is 0.141 e. The van der Waals surface area contributed by atoms with Crippen LogP contribution in [0.15, 0.2) is 24.7 Å². The number of rotatable bonds is 3. The van der Waals surface area contributed by atoms with Crippen molar-refractivity contribution in [3.63, 3.8) is 0 Å². The van der Waals surface area contributed by atoms with E-state index in [2.05, 4.69) is 15.0 Å². The molecule has 0 aromatic carbocycles. The first-order chi connectivity index (χ1) is 7.31. The first-order valence-corrected chi connectivity index (χ1v) is 4.83. The summed E-state index contributed by atoms with van der Waals surface area (Å²) in [5.41, 5.74) is 5.51. The summed E-state index contributed by atoms with van der Waals surface area (Å²) >= 11 is 0. The molecule has 0 spiro atoms. The number of nitrogens with zero attached hydrogens (tertiary/aromatic N) is 4. The van der Waals surface area contributed by atoms with Gasteiger partial charge in [-0.2, -0.15) is 0 Å². The summed E-state index contributed by atoms with van der Waals surface area (Å²) in [5, 5.41) is 0. The molecule has 5 nitrogen and oxygen atoms in total. The van der Waals surface area contributed by atoms with Gasteiger partial charge in [0.1, 0.15) is 17.5 Å². The van der Waals surface area contributed by atoms with Gasteiger partial charge in [0.05, 0.1) is 0 Å². The van der Waals surface area contributed by atoms with Gasteiger partial charge >= 0.3 is 0 Å². The minimum absolute atomic E-state index is 0.584. The smallest absolute Gasteiger partial charge is 0.141 e. The molecule has 2 aromatic rings. The van der Waals surface area contributed by atoms with Gasteiger partial charge in [-0.1, -0.05) is 0 Å². The summed E-state index contributed by atoms with van der Waals surface area (Å²) in [6, 6.07) is 1.86. The predicted octanol–water partition coefficient (Wildman–Crippen LogP) is 0.472. The van der Waals surface area contributed by atoms with Gasteiger partial charge in [0.2, 0.25) is 0 Å². The van der Waals surface area contributed by atoms with E-state index >= 15 is 0 Å². The number of nitrogens with two attached hydrogens (primary N) is 1. The van der Waals surface area contributed by atoms with Crippen molar-refractivity contribution in [2.45, 2.75) is 13.3 Å². The largest absolute Gasteiger partial charge is 0.330 e. The number of aryl methyl sites for hydroxylation is 1. The van der Waals surface area contributed by atoms with Crippen LogP contribution in [0.1, 0.15) is 11.6 Å². The Kier molecular flexibility index (Phi) is 2.73. The molecule has 0 aliphatic rings. The van der Waals surface area contributed by atoms with Crippen molar-refractivity contribution in [3.05, 3.63) is 36.3 Å². The van der Waals surface area contributed by atoms with Crippen LogP contribution in [0.25, 0.3) is 5.82 Å². The first kappa shape index (κ1) is 9.79. The monoisotopic (exact) mass is 203 g/mol. The minimum atomic E-state index is 0.584. The standard InChI is InChI=1S/C10H13N5/c1-8-12-5-3-10(14-8)15-7-6-13-9(15)2-4-11/h3,5-7H,2,4,11H2,1H3. The van der Waals surface area contributed by atoms with Gasteiger partial charge in [0.15, 0.2) is 0 Å². The molecule has 78 valence electrons. The normalized spacial score (nSPS) is 10.5. The van der Waals surface area contributed by atoms with Crippen LogP contribution in [0, 0.1) is 6.92 Å². The molecule has 0 aliphatic heterocycles. The molecule has 5 heteroatoms. The Labute approximate surface area is 88.0 Å². The lowest BCUT2D eigenvalue weighted by Gasteiger charge is -2.05. The van der Waals surface area contributed by atoms with E-state index in [4.69, 9.17) is 5.73 Å². The summed E-state index contributed by atoms with van der Waals surface area (Å²) in [7, 11) is 0. The molecule has 0 amide bonds. The summed E-state index contributed by atoms with van der Waals surface area (Å²) < 4.78 is 1.93. The summed E-state index contributed by atoms with van der Waals surface area (Å²) in [6.45, 7) is 2.45. The second-order valence-electron chi connectivity index (χ2n) is 3.21. The van der Waals surface area contributed by atoms with E-state index in [0.717, 1.165) is 23.9 Å². The Morgan fingerprint density at radius 2 is 2.20 bits per heavy atom. The Morgan fingerprint density at radius 1 is 1.33 bits per heavy atom. The second kappa shape index (κ2) is 4.18. The molecule has 2 N–H and O–H groups in total. The zero-order chi connectivity index (χ0) is 10.7. The van der Waals surface area contributed by atoms with Crippen LogP contribution in [-0.2, 0) is 6.42 Å². The second-order valence-corrected chi connectivity index (χ2v) is 3.21. The van der Waals surface area contributed by atoms with Gasteiger partial charge < -0.3 is 5.73 Å². The minimum Gasteiger partial charge on any atom is -0.330 e. The van der Waals surface area contributed by atoms with E-state index in [-0.39, 0.29) is 0 Å². The average molecular weight is 203 g/mol. The van der Waals surface area contributed by atoms with Crippen LogP contribution in [-0.4, -0.2) is 26.1 Å². The van der Waals surface area contributed by atoms with Gasteiger partial charge in [0.25, 0.3) is 0 Å². The van der Waals surface area contributed by atoms with Crippen LogP contribution in [0.3, 0.4) is 0 Å². The van der Waals surface area contributed by atoms with E-state index in [9.17, 15) is 0 Å². The molecule has 15 heavy (non-hydrogen) atoms. The quantitative estimate of drug-likeness (QED) is 0.787. The molecule has 2 rings (SSSR count). The highest BCUT2D eigenvalue weighted by Crippen LogP contribution is 2.07. The SMILES string of the molecule is Cc1nccc(-n2ccnc2CCN)n1. The maximum atomic E-state index is 5.51. The molecule has 0 aliphatic carbocycles. The highest BCUT2D eigenvalue weighted by atomic mass is 15.1. The van der Waals surface area contributed by atoms with Gasteiger partial charge in [-0.05, 0) is 19.5 Å². The Morgan fingerprint density at radius 3 is 2.93 bits per heavy atom. The molecule has 2 heterocycles. The van der Waals surface area contributed by atoms with Gasteiger partial charge in [0, 0.05) is 25.0 Å². The van der Waals surface area contributed by atoms with E-state index < -0.39 is 0 Å². The van der Waals surface area contributed by atoms with Crippen molar-refractivity contribution in [2.75, 3.05) is 6.54 Å². The van der Waals surface area contributed by atoms with Crippen molar-refractivity contribution in [1.29, 1.82) is 0 Å². The fourth-order valence-electron chi connectivity index (χ4n) is 1.43. The molecule has 2 aromatic heterocycles. The van der Waals surface area contributed by atoms with Crippen molar-refractivity contribution < 1.29 is 0 Å². The molecule has 0 unspecified atom stereocenters. The molecular formula is C10H13N5. The zero-order valence-electron chi connectivity index (χ0n) is 8.59. The number of hydrogen-bond acceptors (Lipinski definition) is 4. The van der Waals surface area contributed by atoms with Crippen LogP contribution < -0.4 is 5.73 Å². The molecule has 0 saturated carbocycles. The van der Waals surface area contributed by atoms with E-state index in [1.807, 2.05) is 23.8 Å². The number of aromatic nitrogens is 4. The third-order valence-corrected chi connectivity index (χ3v) is 2.09. The van der Waals surface area contributed by atoms with E-state index in [1.54, 1.807) is 12.4 Å². The van der Waals surface area contributed by atoms with Crippen molar-refractivity contribution in [1.82, 2.24) is 19.5 Å². The fraction of sp³-hybridized carbons (Fsp3) is 0.300. The lowest BCUT2D eigenvalue weighted by Crippen LogP contribution is -2.09. The van der Waals surface area contributed by atoms with Crippen LogP contribution >= 0.6 is 0 Å². The Balaban J connectivity index is 2.40. The van der Waals surface area contributed by atoms with E-state index in [1.165, 1.54) is 0 Å². The molecule has 0 saturated heterocycles. The van der Waals surface area contributed by atoms with Crippen molar-refractivity contribution in [3.8, 4) is 5.82 Å². The molecule has 0 bridgehead atoms. The van der Waals surface area contributed by atoms with Gasteiger partial charge in [-0.3, -0.25) is 4.57 Å². The maximum absolute atomic E-state index is 5.51. The average Bonchev–Trinajstić information content (AvgIpc) is 2.66. The molecule has 0 fully saturated rings. The number of imidazole rings is 1. The van der Waals surface area contributed by atoms with Gasteiger partial charge in [-0.25, -0.2) is 15.0 Å². The highest BCUT2D eigenvalue weighted by molar-refractivity contribution is 5.23.